The van der Waals surface area contributed by atoms with E-state index in [1.165, 1.54) is 22.3 Å². The Morgan fingerprint density at radius 1 is 1.00 bits per heavy atom. The molecule has 31 heavy (non-hydrogen) atoms. The molecule has 0 aliphatic carbocycles. The Balaban J connectivity index is 1.52. The van der Waals surface area contributed by atoms with Crippen LogP contribution in [0.25, 0.3) is 0 Å². The summed E-state index contributed by atoms with van der Waals surface area (Å²) in [5.74, 6) is 0.835. The Hall–Kier alpha value is -2.37. The molecule has 1 heterocycles. The summed E-state index contributed by atoms with van der Waals surface area (Å²) in [7, 11) is 0. The van der Waals surface area contributed by atoms with Gasteiger partial charge in [-0.3, -0.25) is 0 Å². The summed E-state index contributed by atoms with van der Waals surface area (Å²) in [6, 6.07) is 17.5. The summed E-state index contributed by atoms with van der Waals surface area (Å²) < 4.78 is 11.4. The van der Waals surface area contributed by atoms with E-state index in [-0.39, 0.29) is 6.04 Å². The minimum Gasteiger partial charge on any atom is -0.381 e. The van der Waals surface area contributed by atoms with Crippen LogP contribution in [0, 0.1) is 0 Å². The zero-order valence-electron chi connectivity index (χ0n) is 19.2. The number of aliphatic imine (C=N–C) groups is 1. The molecule has 1 fully saturated rings. The van der Waals surface area contributed by atoms with Crippen molar-refractivity contribution in [1.82, 2.24) is 10.6 Å². The number of nitrogens with one attached hydrogen (secondary N) is 2. The summed E-state index contributed by atoms with van der Waals surface area (Å²) in [5, 5.41) is 6.87. The van der Waals surface area contributed by atoms with Gasteiger partial charge in [0.2, 0.25) is 0 Å². The molecule has 3 rings (SSSR count). The summed E-state index contributed by atoms with van der Waals surface area (Å²) in [4.78, 5) is 4.78. The summed E-state index contributed by atoms with van der Waals surface area (Å²) in [5.41, 5.74) is 5.01. The second-order valence-electron chi connectivity index (χ2n) is 8.10. The van der Waals surface area contributed by atoms with Gasteiger partial charge in [-0.25, -0.2) is 4.99 Å². The van der Waals surface area contributed by atoms with E-state index in [4.69, 9.17) is 14.5 Å². The number of hydrogen-bond acceptors (Lipinski definition) is 3. The standard InChI is InChI=1S/C26H37N3O2/c1-4-21-10-12-24(13-11-21)20(3)29-26(27-5-2)28-18-22-6-8-23(9-7-22)19-31-25-14-16-30-17-15-25/h6-13,20,25H,4-5,14-19H2,1-3H3,(H2,27,28,29). The Bertz CT molecular complexity index is 796. The molecule has 2 N–H and O–H groups in total. The van der Waals surface area contributed by atoms with Gasteiger partial charge in [0.15, 0.2) is 5.96 Å². The summed E-state index contributed by atoms with van der Waals surface area (Å²) in [6.45, 7) is 10.2. The largest absolute Gasteiger partial charge is 0.381 e. The minimum absolute atomic E-state index is 0.188. The van der Waals surface area contributed by atoms with Crippen LogP contribution in [0.3, 0.4) is 0 Å². The molecule has 1 aliphatic rings. The Kier molecular flexibility index (Phi) is 9.38. The van der Waals surface area contributed by atoms with Crippen molar-refractivity contribution >= 4 is 5.96 Å². The van der Waals surface area contributed by atoms with E-state index in [0.717, 1.165) is 45.0 Å². The van der Waals surface area contributed by atoms with Crippen molar-refractivity contribution in [3.8, 4) is 0 Å². The first-order valence-electron chi connectivity index (χ1n) is 11.6. The van der Waals surface area contributed by atoms with Crippen LogP contribution in [-0.4, -0.2) is 31.8 Å². The van der Waals surface area contributed by atoms with Crippen molar-refractivity contribution in [2.45, 2.75) is 65.3 Å². The van der Waals surface area contributed by atoms with Crippen molar-refractivity contribution in [3.05, 3.63) is 70.8 Å². The lowest BCUT2D eigenvalue weighted by molar-refractivity contribution is -0.0390. The average Bonchev–Trinajstić information content (AvgIpc) is 2.82. The summed E-state index contributed by atoms with van der Waals surface area (Å²) >= 11 is 0. The molecule has 5 nitrogen and oxygen atoms in total. The molecule has 0 saturated carbocycles. The van der Waals surface area contributed by atoms with Crippen molar-refractivity contribution in [2.24, 2.45) is 4.99 Å². The Morgan fingerprint density at radius 2 is 1.65 bits per heavy atom. The number of nitrogens with zero attached hydrogens (tertiary/aromatic N) is 1. The highest BCUT2D eigenvalue weighted by Gasteiger charge is 2.14. The molecule has 5 heteroatoms. The minimum atomic E-state index is 0.188. The lowest BCUT2D eigenvalue weighted by Crippen LogP contribution is -2.38. The number of ether oxygens (including phenoxy) is 2. The van der Waals surface area contributed by atoms with Crippen LogP contribution in [0.5, 0.6) is 0 Å². The van der Waals surface area contributed by atoms with E-state index < -0.39 is 0 Å². The fourth-order valence-corrected chi connectivity index (χ4v) is 3.62. The highest BCUT2D eigenvalue weighted by atomic mass is 16.5. The van der Waals surface area contributed by atoms with Crippen LogP contribution in [0.15, 0.2) is 53.5 Å². The molecular formula is C26H37N3O2. The first kappa shape index (κ1) is 23.3. The molecule has 2 aromatic carbocycles. The molecule has 0 spiro atoms. The molecule has 0 amide bonds. The van der Waals surface area contributed by atoms with E-state index in [1.807, 2.05) is 0 Å². The second kappa shape index (κ2) is 12.5. The molecule has 1 atom stereocenters. The van der Waals surface area contributed by atoms with E-state index in [1.54, 1.807) is 0 Å². The monoisotopic (exact) mass is 423 g/mol. The predicted octanol–water partition coefficient (Wildman–Crippen LogP) is 4.76. The van der Waals surface area contributed by atoms with Gasteiger partial charge in [-0.1, -0.05) is 55.5 Å². The third-order valence-corrected chi connectivity index (χ3v) is 5.68. The van der Waals surface area contributed by atoms with Gasteiger partial charge in [0.1, 0.15) is 0 Å². The highest BCUT2D eigenvalue weighted by Crippen LogP contribution is 2.15. The second-order valence-corrected chi connectivity index (χ2v) is 8.10. The van der Waals surface area contributed by atoms with E-state index in [0.29, 0.717) is 19.3 Å². The maximum atomic E-state index is 6.01. The van der Waals surface area contributed by atoms with E-state index in [9.17, 15) is 0 Å². The fraction of sp³-hybridized carbons (Fsp3) is 0.500. The summed E-state index contributed by atoms with van der Waals surface area (Å²) in [6.07, 6.45) is 3.38. The molecule has 0 radical (unpaired) electrons. The van der Waals surface area contributed by atoms with Gasteiger partial charge in [-0.2, -0.15) is 0 Å². The molecule has 168 valence electrons. The smallest absolute Gasteiger partial charge is 0.192 e. The SMILES string of the molecule is CCNC(=NCc1ccc(COC2CCOCC2)cc1)NC(C)c1ccc(CC)cc1. The zero-order valence-corrected chi connectivity index (χ0v) is 19.2. The Morgan fingerprint density at radius 3 is 2.29 bits per heavy atom. The normalized spacial score (nSPS) is 16.2. The number of hydrogen-bond donors (Lipinski definition) is 2. The fourth-order valence-electron chi connectivity index (χ4n) is 3.62. The quantitative estimate of drug-likeness (QED) is 0.451. The molecule has 0 bridgehead atoms. The van der Waals surface area contributed by atoms with Crippen molar-refractivity contribution in [3.63, 3.8) is 0 Å². The molecule has 0 aromatic heterocycles. The van der Waals surface area contributed by atoms with Gasteiger partial charge in [0.05, 0.1) is 25.3 Å². The highest BCUT2D eigenvalue weighted by molar-refractivity contribution is 5.80. The van der Waals surface area contributed by atoms with Gasteiger partial charge < -0.3 is 20.1 Å². The third kappa shape index (κ3) is 7.67. The van der Waals surface area contributed by atoms with Crippen LogP contribution < -0.4 is 10.6 Å². The lowest BCUT2D eigenvalue weighted by Gasteiger charge is -2.22. The van der Waals surface area contributed by atoms with Gasteiger partial charge in [-0.05, 0) is 55.4 Å². The first-order valence-corrected chi connectivity index (χ1v) is 11.6. The lowest BCUT2D eigenvalue weighted by atomic mass is 10.1. The topological polar surface area (TPSA) is 54.9 Å². The first-order chi connectivity index (χ1) is 15.2. The predicted molar refractivity (Wildman–Crippen MR) is 127 cm³/mol. The Labute approximate surface area is 187 Å². The van der Waals surface area contributed by atoms with Crippen LogP contribution in [0.2, 0.25) is 0 Å². The maximum Gasteiger partial charge on any atom is 0.192 e. The van der Waals surface area contributed by atoms with Crippen molar-refractivity contribution in [2.75, 3.05) is 19.8 Å². The molecule has 2 aromatic rings. The third-order valence-electron chi connectivity index (χ3n) is 5.68. The number of benzene rings is 2. The molecular weight excluding hydrogens is 386 g/mol. The average molecular weight is 424 g/mol. The van der Waals surface area contributed by atoms with E-state index >= 15 is 0 Å². The number of guanidine groups is 1. The molecule has 1 saturated heterocycles. The van der Waals surface area contributed by atoms with Gasteiger partial charge in [0.25, 0.3) is 0 Å². The zero-order chi connectivity index (χ0) is 21.9. The molecule has 1 unspecified atom stereocenters. The van der Waals surface area contributed by atoms with E-state index in [2.05, 4.69) is 79.9 Å². The number of aryl methyl sites for hydroxylation is 1. The van der Waals surface area contributed by atoms with Crippen LogP contribution in [-0.2, 0) is 29.0 Å². The maximum absolute atomic E-state index is 6.01. The van der Waals surface area contributed by atoms with Crippen LogP contribution >= 0.6 is 0 Å². The van der Waals surface area contributed by atoms with Crippen molar-refractivity contribution < 1.29 is 9.47 Å². The van der Waals surface area contributed by atoms with Gasteiger partial charge in [-0.15, -0.1) is 0 Å². The van der Waals surface area contributed by atoms with Crippen LogP contribution in [0.1, 0.15) is 61.9 Å². The van der Waals surface area contributed by atoms with Crippen LogP contribution in [0.4, 0.5) is 0 Å². The van der Waals surface area contributed by atoms with Crippen molar-refractivity contribution in [1.29, 1.82) is 0 Å². The van der Waals surface area contributed by atoms with Gasteiger partial charge in [0, 0.05) is 19.8 Å². The molecule has 1 aliphatic heterocycles. The van der Waals surface area contributed by atoms with Gasteiger partial charge >= 0.3 is 0 Å². The number of rotatable bonds is 9.